The first kappa shape index (κ1) is 16.3. The van der Waals surface area contributed by atoms with E-state index in [1.54, 1.807) is 6.92 Å². The monoisotopic (exact) mass is 332 g/mol. The zero-order chi connectivity index (χ0) is 17.7. The van der Waals surface area contributed by atoms with Gasteiger partial charge in [-0.2, -0.15) is 5.26 Å². The molecule has 2 heterocycles. The van der Waals surface area contributed by atoms with Crippen molar-refractivity contribution in [2.45, 2.75) is 31.9 Å². The minimum absolute atomic E-state index is 0.0686. The molecule has 0 bridgehead atoms. The van der Waals surface area contributed by atoms with Gasteiger partial charge in [0.15, 0.2) is 0 Å². The van der Waals surface area contributed by atoms with E-state index in [-0.39, 0.29) is 35.7 Å². The molecular weight excluding hydrogens is 315 g/mol. The Balaban J connectivity index is 2.23. The van der Waals surface area contributed by atoms with Gasteiger partial charge in [0.2, 0.25) is 0 Å². The predicted molar refractivity (Wildman–Crippen MR) is 83.6 cm³/mol. The van der Waals surface area contributed by atoms with E-state index >= 15 is 0 Å². The second kappa shape index (κ2) is 5.24. The largest absolute Gasteiger partial charge is 0.386 e. The highest BCUT2D eigenvalue weighted by Crippen LogP contribution is 2.52. The molecule has 3 rings (SSSR count). The molecule has 24 heavy (non-hydrogen) atoms. The maximum atomic E-state index is 14.5. The molecule has 7 nitrogen and oxygen atoms in total. The summed E-state index contributed by atoms with van der Waals surface area (Å²) >= 11 is 0. The fraction of sp³-hybridized carbons (Fsp3) is 0.500. The Bertz CT molecular complexity index is 790. The molecule has 1 aromatic carbocycles. The number of nitriles is 1. The van der Waals surface area contributed by atoms with E-state index in [0.717, 1.165) is 12.1 Å². The molecule has 0 unspecified atom stereocenters. The van der Waals surface area contributed by atoms with Crippen LogP contribution in [0.5, 0.6) is 0 Å². The molecule has 2 aliphatic rings. The van der Waals surface area contributed by atoms with Crippen molar-refractivity contribution in [3.8, 4) is 6.07 Å². The summed E-state index contributed by atoms with van der Waals surface area (Å²) in [7, 11) is 0. The lowest BCUT2D eigenvalue weighted by Crippen LogP contribution is -2.49. The lowest BCUT2D eigenvalue weighted by atomic mass is 9.67. The Morgan fingerprint density at radius 2 is 2.29 bits per heavy atom. The van der Waals surface area contributed by atoms with Crippen LogP contribution in [0.1, 0.15) is 25.8 Å². The molecule has 4 atom stereocenters. The van der Waals surface area contributed by atoms with Crippen molar-refractivity contribution >= 4 is 11.5 Å². The number of aliphatic imine (C=N–C) groups is 1. The summed E-state index contributed by atoms with van der Waals surface area (Å²) in [6, 6.07) is 5.52. The molecule has 8 heteroatoms. The van der Waals surface area contributed by atoms with Crippen LogP contribution >= 0.6 is 0 Å². The number of amidine groups is 1. The topological polar surface area (TPSA) is 115 Å². The van der Waals surface area contributed by atoms with Crippen molar-refractivity contribution in [1.29, 1.82) is 5.26 Å². The van der Waals surface area contributed by atoms with Gasteiger partial charge >= 0.3 is 0 Å². The molecule has 0 aliphatic carbocycles. The van der Waals surface area contributed by atoms with Crippen LogP contribution in [-0.2, 0) is 10.3 Å². The fourth-order valence-electron chi connectivity index (χ4n) is 3.60. The molecule has 2 aliphatic heterocycles. The number of nitrogens with two attached hydrogens (primary N) is 1. The van der Waals surface area contributed by atoms with Crippen molar-refractivity contribution in [2.75, 3.05) is 6.61 Å². The molecule has 1 fully saturated rings. The number of nitro groups is 1. The fourth-order valence-corrected chi connectivity index (χ4v) is 3.60. The lowest BCUT2D eigenvalue weighted by Gasteiger charge is -2.41. The van der Waals surface area contributed by atoms with Gasteiger partial charge in [-0.15, -0.1) is 0 Å². The number of non-ortho nitro benzene ring substituents is 1. The van der Waals surface area contributed by atoms with E-state index in [9.17, 15) is 19.8 Å². The van der Waals surface area contributed by atoms with Crippen LogP contribution in [0.4, 0.5) is 10.1 Å². The smallest absolute Gasteiger partial charge is 0.270 e. The average molecular weight is 332 g/mol. The minimum atomic E-state index is -1.14. The first-order valence-electron chi connectivity index (χ1n) is 7.56. The van der Waals surface area contributed by atoms with Gasteiger partial charge in [0.1, 0.15) is 22.6 Å². The highest BCUT2D eigenvalue weighted by Gasteiger charge is 2.57. The number of halogens is 1. The second-order valence-corrected chi connectivity index (χ2v) is 6.61. The van der Waals surface area contributed by atoms with Crippen molar-refractivity contribution in [3.63, 3.8) is 0 Å². The molecule has 2 N–H and O–H groups in total. The van der Waals surface area contributed by atoms with E-state index < -0.39 is 21.7 Å². The van der Waals surface area contributed by atoms with Crippen molar-refractivity contribution in [2.24, 2.45) is 22.1 Å². The molecule has 1 aromatic rings. The van der Waals surface area contributed by atoms with Crippen molar-refractivity contribution in [1.82, 2.24) is 0 Å². The number of nitro benzene ring substituents is 1. The Morgan fingerprint density at radius 1 is 1.58 bits per heavy atom. The number of nitrogens with zero attached hydrogens (tertiary/aromatic N) is 3. The van der Waals surface area contributed by atoms with E-state index in [1.165, 1.54) is 6.07 Å². The predicted octanol–water partition coefficient (Wildman–Crippen LogP) is 2.25. The highest BCUT2D eigenvalue weighted by molar-refractivity contribution is 5.90. The van der Waals surface area contributed by atoms with Gasteiger partial charge in [0.05, 0.1) is 23.7 Å². The number of rotatable bonds is 2. The van der Waals surface area contributed by atoms with Gasteiger partial charge in [-0.3, -0.25) is 15.1 Å². The standard InChI is InChI=1S/C16H17FN4O3/c1-9-12-6-15(2,7-18)14(19)20-16(12,8-24-9)11-5-10(21(22)23)3-4-13(11)17/h3-5,9,12H,6,8H2,1-2H3,(H2,19,20)/t9-,12-,15-,16-/m1/s1. The molecule has 0 saturated carbocycles. The van der Waals surface area contributed by atoms with Gasteiger partial charge in [-0.25, -0.2) is 4.39 Å². The summed E-state index contributed by atoms with van der Waals surface area (Å²) in [5.41, 5.74) is 3.77. The van der Waals surface area contributed by atoms with Crippen LogP contribution in [0, 0.1) is 38.6 Å². The summed E-state index contributed by atoms with van der Waals surface area (Å²) in [5, 5.41) is 20.5. The molecular formula is C16H17FN4O3. The van der Waals surface area contributed by atoms with E-state index in [1.807, 2.05) is 6.92 Å². The van der Waals surface area contributed by atoms with E-state index in [2.05, 4.69) is 11.1 Å². The average Bonchev–Trinajstić information content (AvgIpc) is 2.85. The summed E-state index contributed by atoms with van der Waals surface area (Å²) < 4.78 is 20.2. The lowest BCUT2D eigenvalue weighted by molar-refractivity contribution is -0.385. The molecule has 0 amide bonds. The van der Waals surface area contributed by atoms with Crippen LogP contribution in [0.15, 0.2) is 23.2 Å². The third-order valence-electron chi connectivity index (χ3n) is 5.13. The summed E-state index contributed by atoms with van der Waals surface area (Å²) in [6.45, 7) is 3.58. The van der Waals surface area contributed by atoms with Crippen LogP contribution in [0.3, 0.4) is 0 Å². The SMILES string of the molecule is C[C@H]1OC[C@]2(c3cc([N+](=O)[O-])ccc3F)N=C(N)[C@@](C)(C#N)C[C@H]12. The van der Waals surface area contributed by atoms with Gasteiger partial charge in [-0.05, 0) is 26.3 Å². The quantitative estimate of drug-likeness (QED) is 0.659. The van der Waals surface area contributed by atoms with Crippen molar-refractivity contribution < 1.29 is 14.1 Å². The number of ether oxygens (including phenoxy) is 1. The third kappa shape index (κ3) is 2.16. The molecule has 0 aromatic heterocycles. The first-order chi connectivity index (χ1) is 11.2. The Hall–Kier alpha value is -2.53. The Morgan fingerprint density at radius 3 is 2.92 bits per heavy atom. The Labute approximate surface area is 138 Å². The summed E-state index contributed by atoms with van der Waals surface area (Å²) in [5.74, 6) is -0.795. The van der Waals surface area contributed by atoms with Crippen LogP contribution in [-0.4, -0.2) is 23.5 Å². The number of hydrogen-bond acceptors (Lipinski definition) is 6. The van der Waals surface area contributed by atoms with Crippen molar-refractivity contribution in [3.05, 3.63) is 39.7 Å². The minimum Gasteiger partial charge on any atom is -0.386 e. The maximum absolute atomic E-state index is 14.5. The number of hydrogen-bond donors (Lipinski definition) is 1. The normalized spacial score (nSPS) is 35.0. The van der Waals surface area contributed by atoms with E-state index in [4.69, 9.17) is 10.5 Å². The molecule has 0 radical (unpaired) electrons. The number of benzene rings is 1. The van der Waals surface area contributed by atoms with Gasteiger partial charge < -0.3 is 10.5 Å². The maximum Gasteiger partial charge on any atom is 0.270 e. The zero-order valence-corrected chi connectivity index (χ0v) is 13.3. The third-order valence-corrected chi connectivity index (χ3v) is 5.13. The molecule has 1 saturated heterocycles. The van der Waals surface area contributed by atoms with Gasteiger partial charge in [0, 0.05) is 23.6 Å². The van der Waals surface area contributed by atoms with Crippen LogP contribution in [0.2, 0.25) is 0 Å². The zero-order valence-electron chi connectivity index (χ0n) is 13.3. The highest BCUT2D eigenvalue weighted by atomic mass is 19.1. The summed E-state index contributed by atoms with van der Waals surface area (Å²) in [4.78, 5) is 14.9. The second-order valence-electron chi connectivity index (χ2n) is 6.61. The Kier molecular flexibility index (Phi) is 3.57. The van der Waals surface area contributed by atoms with Gasteiger partial charge in [-0.1, -0.05) is 0 Å². The molecule has 0 spiro atoms. The van der Waals surface area contributed by atoms with Crippen LogP contribution in [0.25, 0.3) is 0 Å². The first-order valence-corrected chi connectivity index (χ1v) is 7.56. The van der Waals surface area contributed by atoms with Gasteiger partial charge in [0.25, 0.3) is 5.69 Å². The summed E-state index contributed by atoms with van der Waals surface area (Å²) in [6.07, 6.45) is 0.0791. The van der Waals surface area contributed by atoms with E-state index in [0.29, 0.717) is 6.42 Å². The molecule has 126 valence electrons. The number of fused-ring (bicyclic) bond motifs is 1. The van der Waals surface area contributed by atoms with Crippen LogP contribution < -0.4 is 5.73 Å².